The van der Waals surface area contributed by atoms with Crippen molar-refractivity contribution in [2.45, 2.75) is 39.7 Å². The lowest BCUT2D eigenvalue weighted by Crippen LogP contribution is -2.19. The third-order valence-electron chi connectivity index (χ3n) is 4.10. The molecule has 0 aromatic carbocycles. The van der Waals surface area contributed by atoms with E-state index in [1.807, 2.05) is 0 Å². The Morgan fingerprint density at radius 3 is 2.76 bits per heavy atom. The summed E-state index contributed by atoms with van der Waals surface area (Å²) in [4.78, 5) is 8.50. The lowest BCUT2D eigenvalue weighted by atomic mass is 9.85. The van der Waals surface area contributed by atoms with E-state index in [-0.39, 0.29) is 0 Å². The number of hydrogen-bond acceptors (Lipinski definition) is 3. The summed E-state index contributed by atoms with van der Waals surface area (Å²) in [5, 5.41) is 1.03. The van der Waals surface area contributed by atoms with Crippen LogP contribution in [0.25, 0.3) is 11.0 Å². The van der Waals surface area contributed by atoms with Crippen LogP contribution in [-0.4, -0.2) is 14.5 Å². The van der Waals surface area contributed by atoms with Crippen molar-refractivity contribution in [3.63, 3.8) is 0 Å². The maximum atomic E-state index is 5.95. The van der Waals surface area contributed by atoms with E-state index in [4.69, 9.17) is 5.73 Å². The Morgan fingerprint density at radius 1 is 1.35 bits per heavy atom. The Bertz CT molecular complexity index is 566. The number of nitrogen functional groups attached to an aromatic ring is 1. The average Bonchev–Trinajstić information content (AvgIpc) is 2.48. The third kappa shape index (κ3) is 1.51. The summed E-state index contributed by atoms with van der Waals surface area (Å²) >= 11 is 0. The lowest BCUT2D eigenvalue weighted by molar-refractivity contribution is 0.277. The Morgan fingerprint density at radius 2 is 2.12 bits per heavy atom. The molecule has 1 aliphatic rings. The topological polar surface area (TPSA) is 56.7 Å². The molecule has 0 unspecified atom stereocenters. The molecule has 0 spiro atoms. The van der Waals surface area contributed by atoms with Gasteiger partial charge < -0.3 is 10.3 Å². The molecule has 0 atom stereocenters. The number of aromatic nitrogens is 3. The predicted molar refractivity (Wildman–Crippen MR) is 68.8 cm³/mol. The number of nitrogens with two attached hydrogens (primary N) is 1. The smallest absolute Gasteiger partial charge is 0.145 e. The molecule has 2 heterocycles. The van der Waals surface area contributed by atoms with Gasteiger partial charge in [0.05, 0.1) is 5.39 Å². The highest BCUT2D eigenvalue weighted by Crippen LogP contribution is 2.32. The van der Waals surface area contributed by atoms with Crippen molar-refractivity contribution in [1.82, 2.24) is 14.5 Å². The van der Waals surface area contributed by atoms with Crippen molar-refractivity contribution in [2.24, 2.45) is 5.92 Å². The van der Waals surface area contributed by atoms with Crippen molar-refractivity contribution in [2.75, 3.05) is 5.73 Å². The fraction of sp³-hybridized carbons (Fsp3) is 0.538. The van der Waals surface area contributed by atoms with Crippen molar-refractivity contribution in [1.29, 1.82) is 0 Å². The highest BCUT2D eigenvalue weighted by atomic mass is 15.1. The third-order valence-corrected chi connectivity index (χ3v) is 4.10. The molecule has 0 saturated heterocycles. The minimum Gasteiger partial charge on any atom is -0.383 e. The highest BCUT2D eigenvalue weighted by molar-refractivity contribution is 5.90. The van der Waals surface area contributed by atoms with Crippen LogP contribution in [0.1, 0.15) is 30.5 Å². The second-order valence-corrected chi connectivity index (χ2v) is 5.08. The first-order chi connectivity index (χ1) is 8.18. The van der Waals surface area contributed by atoms with E-state index in [0.717, 1.165) is 23.5 Å². The van der Waals surface area contributed by atoms with Gasteiger partial charge in [0.25, 0.3) is 0 Å². The van der Waals surface area contributed by atoms with Crippen LogP contribution in [0.2, 0.25) is 0 Å². The molecule has 1 saturated carbocycles. The molecule has 3 rings (SSSR count). The van der Waals surface area contributed by atoms with E-state index in [9.17, 15) is 0 Å². The standard InChI is InChI=1S/C13H18N4/c1-8-9(2)17(6-10-4-3-5-10)13-11(8)12(14)15-7-16-13/h7,10H,3-6H2,1-2H3,(H2,14,15,16). The molecule has 4 heteroatoms. The summed E-state index contributed by atoms with van der Waals surface area (Å²) in [7, 11) is 0. The number of aryl methyl sites for hydroxylation is 1. The average molecular weight is 230 g/mol. The van der Waals surface area contributed by atoms with Gasteiger partial charge in [0, 0.05) is 12.2 Å². The minimum atomic E-state index is 0.600. The first kappa shape index (κ1) is 10.6. The van der Waals surface area contributed by atoms with Crippen LogP contribution < -0.4 is 5.73 Å². The molecule has 0 radical (unpaired) electrons. The van der Waals surface area contributed by atoms with Gasteiger partial charge in [-0.05, 0) is 38.2 Å². The predicted octanol–water partition coefficient (Wildman–Crippen LogP) is 2.43. The molecule has 4 nitrogen and oxygen atoms in total. The molecule has 1 aliphatic carbocycles. The van der Waals surface area contributed by atoms with Crippen LogP contribution in [-0.2, 0) is 6.54 Å². The van der Waals surface area contributed by atoms with Gasteiger partial charge in [-0.15, -0.1) is 0 Å². The first-order valence-electron chi connectivity index (χ1n) is 6.24. The van der Waals surface area contributed by atoms with Crippen molar-refractivity contribution in [3.05, 3.63) is 17.6 Å². The number of anilines is 1. The van der Waals surface area contributed by atoms with E-state index < -0.39 is 0 Å². The summed E-state index contributed by atoms with van der Waals surface area (Å²) in [6.07, 6.45) is 5.63. The summed E-state index contributed by atoms with van der Waals surface area (Å²) in [5.74, 6) is 1.42. The quantitative estimate of drug-likeness (QED) is 0.862. The normalized spacial score (nSPS) is 16.4. The van der Waals surface area contributed by atoms with Crippen molar-refractivity contribution in [3.8, 4) is 0 Å². The maximum absolute atomic E-state index is 5.95. The number of hydrogen-bond donors (Lipinski definition) is 1. The van der Waals surface area contributed by atoms with Gasteiger partial charge >= 0.3 is 0 Å². The SMILES string of the molecule is Cc1c(C)n(CC2CCC2)c2ncnc(N)c12. The van der Waals surface area contributed by atoms with Crippen LogP contribution in [0, 0.1) is 19.8 Å². The second kappa shape index (κ2) is 3.72. The number of fused-ring (bicyclic) bond motifs is 1. The summed E-state index contributed by atoms with van der Waals surface area (Å²) in [5.41, 5.74) is 9.45. The van der Waals surface area contributed by atoms with Crippen molar-refractivity contribution < 1.29 is 0 Å². The zero-order valence-corrected chi connectivity index (χ0v) is 10.4. The highest BCUT2D eigenvalue weighted by Gasteiger charge is 2.22. The van der Waals surface area contributed by atoms with Gasteiger partial charge in [-0.1, -0.05) is 6.42 Å². The molecule has 0 amide bonds. The molecule has 2 N–H and O–H groups in total. The van der Waals surface area contributed by atoms with E-state index in [2.05, 4.69) is 28.4 Å². The fourth-order valence-corrected chi connectivity index (χ4v) is 2.65. The van der Waals surface area contributed by atoms with E-state index in [1.54, 1.807) is 6.33 Å². The Kier molecular flexibility index (Phi) is 2.31. The lowest BCUT2D eigenvalue weighted by Gasteiger charge is -2.26. The van der Waals surface area contributed by atoms with Gasteiger partial charge in [-0.2, -0.15) is 0 Å². The molecule has 2 aromatic heterocycles. The van der Waals surface area contributed by atoms with Crippen LogP contribution in [0.4, 0.5) is 5.82 Å². The van der Waals surface area contributed by atoms with Gasteiger partial charge in [-0.25, -0.2) is 9.97 Å². The largest absolute Gasteiger partial charge is 0.383 e. The molecule has 0 bridgehead atoms. The molecule has 2 aromatic rings. The zero-order chi connectivity index (χ0) is 12.0. The first-order valence-corrected chi connectivity index (χ1v) is 6.24. The molecule has 17 heavy (non-hydrogen) atoms. The van der Waals surface area contributed by atoms with Gasteiger partial charge in [0.2, 0.25) is 0 Å². The van der Waals surface area contributed by atoms with Crippen LogP contribution in [0.15, 0.2) is 6.33 Å². The summed E-state index contributed by atoms with van der Waals surface area (Å²) < 4.78 is 2.31. The van der Waals surface area contributed by atoms with Crippen LogP contribution in [0.3, 0.4) is 0 Å². The Balaban J connectivity index is 2.15. The molecule has 1 fully saturated rings. The van der Waals surface area contributed by atoms with Crippen LogP contribution in [0.5, 0.6) is 0 Å². The Labute approximate surface area is 101 Å². The second-order valence-electron chi connectivity index (χ2n) is 5.08. The number of rotatable bonds is 2. The summed E-state index contributed by atoms with van der Waals surface area (Å²) in [6.45, 7) is 5.33. The zero-order valence-electron chi connectivity index (χ0n) is 10.4. The molecule has 90 valence electrons. The summed E-state index contributed by atoms with van der Waals surface area (Å²) in [6, 6.07) is 0. The van der Waals surface area contributed by atoms with Gasteiger partial charge in [-0.3, -0.25) is 0 Å². The van der Waals surface area contributed by atoms with E-state index in [0.29, 0.717) is 5.82 Å². The monoisotopic (exact) mass is 230 g/mol. The van der Waals surface area contributed by atoms with Crippen LogP contribution >= 0.6 is 0 Å². The van der Waals surface area contributed by atoms with E-state index in [1.165, 1.54) is 30.5 Å². The molecular weight excluding hydrogens is 212 g/mol. The van der Waals surface area contributed by atoms with E-state index >= 15 is 0 Å². The van der Waals surface area contributed by atoms with Gasteiger partial charge in [0.1, 0.15) is 17.8 Å². The van der Waals surface area contributed by atoms with Gasteiger partial charge in [0.15, 0.2) is 0 Å². The van der Waals surface area contributed by atoms with Crippen molar-refractivity contribution >= 4 is 16.9 Å². The Hall–Kier alpha value is -1.58. The fourth-order valence-electron chi connectivity index (χ4n) is 2.65. The molecular formula is C13H18N4. The minimum absolute atomic E-state index is 0.600. The molecule has 0 aliphatic heterocycles. The number of nitrogens with zero attached hydrogens (tertiary/aromatic N) is 3. The maximum Gasteiger partial charge on any atom is 0.145 e.